The van der Waals surface area contributed by atoms with E-state index in [1.807, 2.05) is 24.4 Å². The minimum Gasteiger partial charge on any atom is -0.338 e. The molecule has 1 aliphatic rings. The van der Waals surface area contributed by atoms with Gasteiger partial charge in [0.05, 0.1) is 17.5 Å². The van der Waals surface area contributed by atoms with Gasteiger partial charge in [0.15, 0.2) is 0 Å². The van der Waals surface area contributed by atoms with Gasteiger partial charge in [-0.05, 0) is 37.1 Å². The highest BCUT2D eigenvalue weighted by molar-refractivity contribution is 7.91. The number of sulfone groups is 1. The summed E-state index contributed by atoms with van der Waals surface area (Å²) < 4.78 is 22.6. The van der Waals surface area contributed by atoms with Crippen molar-refractivity contribution < 1.29 is 13.2 Å². The SMILES string of the molecule is CC(NC(=O)NCC1CCS(=O)(=O)CC1)c1cccs1. The molecule has 0 radical (unpaired) electrons. The van der Waals surface area contributed by atoms with E-state index >= 15 is 0 Å². The lowest BCUT2D eigenvalue weighted by Gasteiger charge is -2.22. The lowest BCUT2D eigenvalue weighted by atomic mass is 10.0. The molecule has 20 heavy (non-hydrogen) atoms. The standard InChI is InChI=1S/C13H20N2O3S2/c1-10(12-3-2-6-19-12)15-13(16)14-9-11-4-7-20(17,18)8-5-11/h2-3,6,10-11H,4-5,7-9H2,1H3,(H2,14,15,16). The molecule has 1 fully saturated rings. The molecule has 2 rings (SSSR count). The quantitative estimate of drug-likeness (QED) is 0.891. The van der Waals surface area contributed by atoms with E-state index in [-0.39, 0.29) is 29.5 Å². The second-order valence-electron chi connectivity index (χ2n) is 5.19. The Kier molecular flexibility index (Phi) is 5.04. The van der Waals surface area contributed by atoms with Crippen LogP contribution < -0.4 is 10.6 Å². The maximum absolute atomic E-state index is 11.8. The minimum atomic E-state index is -2.83. The Morgan fingerprint density at radius 2 is 2.15 bits per heavy atom. The molecule has 1 atom stereocenters. The van der Waals surface area contributed by atoms with Crippen molar-refractivity contribution in [3.63, 3.8) is 0 Å². The van der Waals surface area contributed by atoms with E-state index in [1.54, 1.807) is 11.3 Å². The molecular weight excluding hydrogens is 296 g/mol. The van der Waals surface area contributed by atoms with E-state index in [0.29, 0.717) is 19.4 Å². The summed E-state index contributed by atoms with van der Waals surface area (Å²) in [6, 6.07) is 3.74. The molecule has 1 aliphatic heterocycles. The van der Waals surface area contributed by atoms with Crippen molar-refractivity contribution in [3.8, 4) is 0 Å². The summed E-state index contributed by atoms with van der Waals surface area (Å²) in [5.41, 5.74) is 0. The Morgan fingerprint density at radius 1 is 1.45 bits per heavy atom. The fraction of sp³-hybridized carbons (Fsp3) is 0.615. The molecule has 5 nitrogen and oxygen atoms in total. The second-order valence-corrected chi connectivity index (χ2v) is 8.47. The molecule has 1 aromatic heterocycles. The first-order valence-electron chi connectivity index (χ1n) is 6.74. The van der Waals surface area contributed by atoms with E-state index in [4.69, 9.17) is 0 Å². The van der Waals surface area contributed by atoms with Gasteiger partial charge >= 0.3 is 6.03 Å². The highest BCUT2D eigenvalue weighted by Crippen LogP contribution is 2.19. The van der Waals surface area contributed by atoms with Crippen LogP contribution in [0, 0.1) is 5.92 Å². The van der Waals surface area contributed by atoms with E-state index in [1.165, 1.54) is 0 Å². The second kappa shape index (κ2) is 6.58. The zero-order valence-corrected chi connectivity index (χ0v) is 13.1. The lowest BCUT2D eigenvalue weighted by molar-refractivity contribution is 0.235. The molecule has 1 saturated heterocycles. The predicted octanol–water partition coefficient (Wildman–Crippen LogP) is 1.93. The highest BCUT2D eigenvalue weighted by atomic mass is 32.2. The highest BCUT2D eigenvalue weighted by Gasteiger charge is 2.23. The normalized spacial score (nSPS) is 20.2. The van der Waals surface area contributed by atoms with Crippen molar-refractivity contribution in [1.29, 1.82) is 0 Å². The molecule has 0 spiro atoms. The Labute approximate surface area is 123 Å². The Balaban J connectivity index is 1.70. The zero-order chi connectivity index (χ0) is 14.6. The molecule has 2 amide bonds. The van der Waals surface area contributed by atoms with E-state index < -0.39 is 9.84 Å². The van der Waals surface area contributed by atoms with Gasteiger partial charge in [0.25, 0.3) is 0 Å². The topological polar surface area (TPSA) is 75.3 Å². The van der Waals surface area contributed by atoms with Crippen LogP contribution in [0.5, 0.6) is 0 Å². The molecule has 0 aromatic carbocycles. The van der Waals surface area contributed by atoms with Gasteiger partial charge in [0, 0.05) is 11.4 Å². The number of carbonyl (C=O) groups is 1. The number of nitrogens with one attached hydrogen (secondary N) is 2. The molecule has 1 unspecified atom stereocenters. The number of carbonyl (C=O) groups excluding carboxylic acids is 1. The maximum Gasteiger partial charge on any atom is 0.315 e. The number of rotatable bonds is 4. The third-order valence-electron chi connectivity index (χ3n) is 3.54. The molecule has 112 valence electrons. The van der Waals surface area contributed by atoms with Gasteiger partial charge < -0.3 is 10.6 Å². The average Bonchev–Trinajstić information content (AvgIpc) is 2.91. The molecule has 1 aromatic rings. The molecule has 2 N–H and O–H groups in total. The van der Waals surface area contributed by atoms with Gasteiger partial charge in [0.2, 0.25) is 0 Å². The Morgan fingerprint density at radius 3 is 2.75 bits per heavy atom. The van der Waals surface area contributed by atoms with Crippen molar-refractivity contribution in [3.05, 3.63) is 22.4 Å². The number of hydrogen-bond acceptors (Lipinski definition) is 4. The first kappa shape index (κ1) is 15.3. The monoisotopic (exact) mass is 316 g/mol. The van der Waals surface area contributed by atoms with Crippen LogP contribution in [-0.2, 0) is 9.84 Å². The van der Waals surface area contributed by atoms with Gasteiger partial charge in [-0.1, -0.05) is 6.07 Å². The van der Waals surface area contributed by atoms with Crippen LogP contribution in [0.25, 0.3) is 0 Å². The van der Waals surface area contributed by atoms with Crippen molar-refractivity contribution in [2.45, 2.75) is 25.8 Å². The van der Waals surface area contributed by atoms with E-state index in [0.717, 1.165) is 4.88 Å². The first-order valence-corrected chi connectivity index (χ1v) is 9.44. The number of amides is 2. The van der Waals surface area contributed by atoms with Crippen molar-refractivity contribution in [2.24, 2.45) is 5.92 Å². The summed E-state index contributed by atoms with van der Waals surface area (Å²) >= 11 is 1.61. The summed E-state index contributed by atoms with van der Waals surface area (Å²) in [7, 11) is -2.83. The molecule has 0 saturated carbocycles. The molecule has 2 heterocycles. The predicted molar refractivity (Wildman–Crippen MR) is 80.6 cm³/mol. The van der Waals surface area contributed by atoms with Crippen LogP contribution in [0.4, 0.5) is 4.79 Å². The number of urea groups is 1. The van der Waals surface area contributed by atoms with Gasteiger partial charge in [-0.2, -0.15) is 0 Å². The number of thiophene rings is 1. The van der Waals surface area contributed by atoms with E-state index in [9.17, 15) is 13.2 Å². The molecule has 0 aliphatic carbocycles. The summed E-state index contributed by atoms with van der Waals surface area (Å²) in [6.45, 7) is 2.48. The van der Waals surface area contributed by atoms with Gasteiger partial charge in [-0.15, -0.1) is 11.3 Å². The Bertz CT molecular complexity index is 526. The van der Waals surface area contributed by atoms with Crippen LogP contribution in [0.15, 0.2) is 17.5 Å². The minimum absolute atomic E-state index is 0.0123. The van der Waals surface area contributed by atoms with Crippen LogP contribution in [0.3, 0.4) is 0 Å². The van der Waals surface area contributed by atoms with Crippen LogP contribution in [0.2, 0.25) is 0 Å². The van der Waals surface area contributed by atoms with Gasteiger partial charge in [-0.25, -0.2) is 13.2 Å². The third-order valence-corrected chi connectivity index (χ3v) is 6.31. The summed E-state index contributed by atoms with van der Waals surface area (Å²) in [4.78, 5) is 12.9. The fourth-order valence-corrected chi connectivity index (χ4v) is 4.56. The zero-order valence-electron chi connectivity index (χ0n) is 11.5. The van der Waals surface area contributed by atoms with Gasteiger partial charge in [-0.3, -0.25) is 0 Å². The summed E-state index contributed by atoms with van der Waals surface area (Å²) in [5, 5.41) is 7.69. The first-order chi connectivity index (χ1) is 9.46. The largest absolute Gasteiger partial charge is 0.338 e. The maximum atomic E-state index is 11.8. The molecule has 0 bridgehead atoms. The fourth-order valence-electron chi connectivity index (χ4n) is 2.24. The smallest absolute Gasteiger partial charge is 0.315 e. The average molecular weight is 316 g/mol. The molecular formula is C13H20N2O3S2. The number of hydrogen-bond donors (Lipinski definition) is 2. The summed E-state index contributed by atoms with van der Waals surface area (Å²) in [5.74, 6) is 0.750. The Hall–Kier alpha value is -1.08. The summed E-state index contributed by atoms with van der Waals surface area (Å²) in [6.07, 6.45) is 1.28. The van der Waals surface area contributed by atoms with Crippen LogP contribution in [-0.4, -0.2) is 32.5 Å². The van der Waals surface area contributed by atoms with E-state index in [2.05, 4.69) is 10.6 Å². The van der Waals surface area contributed by atoms with Crippen LogP contribution >= 0.6 is 11.3 Å². The van der Waals surface area contributed by atoms with Crippen molar-refractivity contribution >= 4 is 27.2 Å². The third kappa shape index (κ3) is 4.49. The van der Waals surface area contributed by atoms with Gasteiger partial charge in [0.1, 0.15) is 9.84 Å². The molecule has 7 heteroatoms. The van der Waals surface area contributed by atoms with Crippen LogP contribution in [0.1, 0.15) is 30.7 Å². The lowest BCUT2D eigenvalue weighted by Crippen LogP contribution is -2.40. The van der Waals surface area contributed by atoms with Crippen molar-refractivity contribution in [2.75, 3.05) is 18.1 Å². The van der Waals surface area contributed by atoms with Crippen molar-refractivity contribution in [1.82, 2.24) is 10.6 Å².